The van der Waals surface area contributed by atoms with Crippen LogP contribution in [0.2, 0.25) is 0 Å². The number of hydrogen-bond donors (Lipinski definition) is 3. The molecule has 0 unspecified atom stereocenters. The first-order chi connectivity index (χ1) is 19.3. The summed E-state index contributed by atoms with van der Waals surface area (Å²) in [5.41, 5.74) is 7.96. The van der Waals surface area contributed by atoms with Crippen molar-refractivity contribution in [3.05, 3.63) is 71.2 Å². The van der Waals surface area contributed by atoms with E-state index in [1.54, 1.807) is 24.3 Å². The molecule has 2 atom stereocenters. The molecule has 2 aliphatic heterocycles. The Balaban J connectivity index is 1.63. The molecule has 0 saturated carbocycles. The Kier molecular flexibility index (Phi) is 7.54. The second kappa shape index (κ2) is 10.7. The predicted molar refractivity (Wildman–Crippen MR) is 159 cm³/mol. The average Bonchev–Trinajstić information content (AvgIpc) is 3.23. The molecule has 3 aromatic rings. The minimum Gasteiger partial charge on any atom is -0.362 e. The fraction of sp³-hybridized carbons (Fsp3) is 0.467. The number of fused-ring (bicyclic) bond motifs is 6. The van der Waals surface area contributed by atoms with E-state index in [2.05, 4.69) is 54.5 Å². The summed E-state index contributed by atoms with van der Waals surface area (Å²) in [6.45, 7) is 11.5. The Bertz CT molecular complexity index is 1570. The van der Waals surface area contributed by atoms with Crippen molar-refractivity contribution in [2.75, 3.05) is 16.8 Å². The largest absolute Gasteiger partial charge is 0.362 e. The van der Waals surface area contributed by atoms with E-state index in [-0.39, 0.29) is 27.6 Å². The molecule has 2 aliphatic rings. The number of sulfonamides is 1. The third-order valence-electron chi connectivity index (χ3n) is 7.91. The first-order valence-electron chi connectivity index (χ1n) is 14.0. The van der Waals surface area contributed by atoms with Crippen molar-refractivity contribution in [2.24, 2.45) is 11.7 Å². The number of anilines is 2. The average molecular weight is 578 g/mol. The number of carbonyl (C=O) groups is 1. The molecule has 0 spiro atoms. The maximum atomic E-state index is 13.6. The van der Waals surface area contributed by atoms with E-state index in [0.717, 1.165) is 36.3 Å². The number of pyridine rings is 3. The Morgan fingerprint density at radius 1 is 1.02 bits per heavy atom. The predicted octanol–water partition coefficient (Wildman–Crippen LogP) is 4.30. The third kappa shape index (κ3) is 6.06. The number of rotatable bonds is 2. The van der Waals surface area contributed by atoms with E-state index >= 15 is 0 Å². The summed E-state index contributed by atoms with van der Waals surface area (Å²) in [6, 6.07) is 13.7. The van der Waals surface area contributed by atoms with Crippen molar-refractivity contribution in [1.29, 1.82) is 0 Å². The van der Waals surface area contributed by atoms with Gasteiger partial charge in [-0.25, -0.2) is 14.7 Å². The molecule has 1 fully saturated rings. The molecule has 4 bridgehead atoms. The minimum absolute atomic E-state index is 0.221. The van der Waals surface area contributed by atoms with E-state index in [0.29, 0.717) is 30.6 Å². The number of amides is 1. The zero-order valence-corrected chi connectivity index (χ0v) is 25.1. The van der Waals surface area contributed by atoms with Gasteiger partial charge in [-0.2, -0.15) is 8.42 Å². The molecule has 4 N–H and O–H groups in total. The molecule has 0 radical (unpaired) electrons. The van der Waals surface area contributed by atoms with Gasteiger partial charge in [0.2, 0.25) is 0 Å². The molecule has 0 aliphatic carbocycles. The van der Waals surface area contributed by atoms with Crippen LogP contribution in [-0.4, -0.2) is 41.4 Å². The molecule has 0 aromatic carbocycles. The Hall–Kier alpha value is -3.57. The lowest BCUT2D eigenvalue weighted by Gasteiger charge is -2.34. The van der Waals surface area contributed by atoms with Crippen LogP contribution < -0.4 is 20.7 Å². The van der Waals surface area contributed by atoms with Gasteiger partial charge in [0.05, 0.1) is 23.0 Å². The van der Waals surface area contributed by atoms with Crippen molar-refractivity contribution >= 4 is 27.6 Å². The molecule has 5 rings (SSSR count). The molecule has 5 heterocycles. The van der Waals surface area contributed by atoms with Crippen LogP contribution in [0.15, 0.2) is 53.6 Å². The van der Waals surface area contributed by atoms with Crippen molar-refractivity contribution < 1.29 is 13.2 Å². The summed E-state index contributed by atoms with van der Waals surface area (Å²) in [5, 5.41) is 3.15. The van der Waals surface area contributed by atoms with Gasteiger partial charge in [-0.05, 0) is 75.4 Å². The molecular formula is C30H39N7O3S. The summed E-state index contributed by atoms with van der Waals surface area (Å²) >= 11 is 0. The summed E-state index contributed by atoms with van der Waals surface area (Å²) in [6.07, 6.45) is 2.52. The maximum absolute atomic E-state index is 13.6. The zero-order valence-electron chi connectivity index (χ0n) is 24.3. The van der Waals surface area contributed by atoms with Crippen molar-refractivity contribution in [2.45, 2.75) is 82.4 Å². The smallest absolute Gasteiger partial charge is 0.281 e. The van der Waals surface area contributed by atoms with Gasteiger partial charge in [0.15, 0.2) is 5.03 Å². The second-order valence-corrected chi connectivity index (χ2v) is 14.3. The summed E-state index contributed by atoms with van der Waals surface area (Å²) in [5.74, 6) is 0.464. The number of aromatic nitrogens is 3. The number of hydrogen-bond acceptors (Lipinski definition) is 9. The highest BCUT2D eigenvalue weighted by Crippen LogP contribution is 2.41. The fourth-order valence-corrected chi connectivity index (χ4v) is 6.69. The molecule has 41 heavy (non-hydrogen) atoms. The van der Waals surface area contributed by atoms with E-state index in [1.807, 2.05) is 18.2 Å². The zero-order chi connectivity index (χ0) is 29.6. The van der Waals surface area contributed by atoms with E-state index in [4.69, 9.17) is 15.7 Å². The lowest BCUT2D eigenvalue weighted by atomic mass is 9.90. The van der Waals surface area contributed by atoms with Crippen molar-refractivity contribution in [3.63, 3.8) is 0 Å². The molecule has 1 amide bonds. The van der Waals surface area contributed by atoms with E-state index < -0.39 is 15.9 Å². The highest BCUT2D eigenvalue weighted by Gasteiger charge is 2.41. The van der Waals surface area contributed by atoms with Crippen LogP contribution in [0.4, 0.5) is 11.6 Å². The van der Waals surface area contributed by atoms with Gasteiger partial charge in [0.1, 0.15) is 11.6 Å². The van der Waals surface area contributed by atoms with E-state index in [1.165, 1.54) is 6.07 Å². The van der Waals surface area contributed by atoms with Gasteiger partial charge >= 0.3 is 0 Å². The summed E-state index contributed by atoms with van der Waals surface area (Å²) < 4.78 is 29.0. The first-order valence-corrected chi connectivity index (χ1v) is 15.5. The van der Waals surface area contributed by atoms with E-state index in [9.17, 15) is 13.2 Å². The molecule has 218 valence electrons. The monoisotopic (exact) mass is 577 g/mol. The normalized spacial score (nSPS) is 22.1. The lowest BCUT2D eigenvalue weighted by Crippen LogP contribution is -2.41. The van der Waals surface area contributed by atoms with Crippen LogP contribution in [0.1, 0.15) is 87.4 Å². The van der Waals surface area contributed by atoms with Crippen molar-refractivity contribution in [1.82, 2.24) is 19.7 Å². The Labute approximate surface area is 242 Å². The number of carbonyl (C=O) groups excluding carboxylic acids is 1. The van der Waals surface area contributed by atoms with Crippen LogP contribution in [0.25, 0.3) is 0 Å². The maximum Gasteiger partial charge on any atom is 0.281 e. The SMILES string of the molecule is CC(C)(C)c1ccc2c(n1)N1C[C@@H](CC[C@H](c3cccc(CN)n3)Nc3cccc(n3)S(=O)(=O)NC2=O)CC1(C)C. The Morgan fingerprint density at radius 3 is 2.51 bits per heavy atom. The Morgan fingerprint density at radius 2 is 1.78 bits per heavy atom. The number of nitrogens with two attached hydrogens (primary N) is 1. The second-order valence-electron chi connectivity index (χ2n) is 12.6. The molecule has 11 heteroatoms. The van der Waals surface area contributed by atoms with Gasteiger partial charge in [-0.3, -0.25) is 9.78 Å². The quantitative estimate of drug-likeness (QED) is 0.406. The highest BCUT2D eigenvalue weighted by atomic mass is 32.2. The van der Waals surface area contributed by atoms with Gasteiger partial charge in [0.25, 0.3) is 15.9 Å². The first kappa shape index (κ1) is 28.9. The van der Waals surface area contributed by atoms with Crippen molar-refractivity contribution in [3.8, 4) is 0 Å². The van der Waals surface area contributed by atoms with Crippen LogP contribution in [-0.2, 0) is 22.0 Å². The molecule has 3 aromatic heterocycles. The van der Waals surface area contributed by atoms with Gasteiger partial charge < -0.3 is 16.0 Å². The number of nitrogens with zero attached hydrogens (tertiary/aromatic N) is 4. The van der Waals surface area contributed by atoms with Crippen LogP contribution in [0, 0.1) is 5.92 Å². The molecular weight excluding hydrogens is 538 g/mol. The third-order valence-corrected chi connectivity index (χ3v) is 9.14. The van der Waals surface area contributed by atoms with Gasteiger partial charge in [0, 0.05) is 29.7 Å². The molecule has 1 saturated heterocycles. The van der Waals surface area contributed by atoms with Crippen LogP contribution in [0.5, 0.6) is 0 Å². The molecule has 10 nitrogen and oxygen atoms in total. The summed E-state index contributed by atoms with van der Waals surface area (Å²) in [4.78, 5) is 29.8. The van der Waals surface area contributed by atoms with Crippen LogP contribution in [0.3, 0.4) is 0 Å². The lowest BCUT2D eigenvalue weighted by molar-refractivity contribution is 0.0981. The van der Waals surface area contributed by atoms with Crippen LogP contribution >= 0.6 is 0 Å². The topological polar surface area (TPSA) is 143 Å². The standard InChI is InChI=1S/C30H39N7O3S/c1-29(2,3)24-15-13-21-27(34-24)37-18-19(16-30(37,4)5)12-14-23(22-9-6-8-20(17-31)32-22)33-25-10-7-11-26(35-25)41(39,40)36-28(21)38/h6-11,13,15,19,23H,12,14,16-18,31H2,1-5H3,(H,33,35)(H,36,38)/t19-,23+/m0/s1. The minimum atomic E-state index is -4.27. The number of nitrogens with one attached hydrogen (secondary N) is 2. The summed E-state index contributed by atoms with van der Waals surface area (Å²) in [7, 11) is -4.27. The fourth-order valence-electron chi connectivity index (χ4n) is 5.76. The highest BCUT2D eigenvalue weighted by molar-refractivity contribution is 7.90. The van der Waals surface area contributed by atoms with Gasteiger partial charge in [-0.15, -0.1) is 0 Å². The van der Waals surface area contributed by atoms with Gasteiger partial charge in [-0.1, -0.05) is 32.9 Å².